The fraction of sp³-hybridized carbons (Fsp3) is 0.750. The Kier molecular flexibility index (Phi) is 1.95. The van der Waals surface area contributed by atoms with E-state index in [1.807, 2.05) is 0 Å². The Morgan fingerprint density at radius 1 is 1.62 bits per heavy atom. The van der Waals surface area contributed by atoms with E-state index < -0.39 is 0 Å². The molecule has 0 aromatic heterocycles. The van der Waals surface area contributed by atoms with Gasteiger partial charge in [0.2, 0.25) is 0 Å². The van der Waals surface area contributed by atoms with Crippen LogP contribution in [0, 0.1) is 29.6 Å². The van der Waals surface area contributed by atoms with Crippen LogP contribution in [-0.4, -0.2) is 5.78 Å². The van der Waals surface area contributed by atoms with Crippen LogP contribution in [0.4, 0.5) is 0 Å². The molecule has 2 fully saturated rings. The van der Waals surface area contributed by atoms with Crippen molar-refractivity contribution in [2.24, 2.45) is 17.3 Å². The number of carbonyl (C=O) groups excluding carboxylic acids is 1. The van der Waals surface area contributed by atoms with Crippen molar-refractivity contribution in [3.63, 3.8) is 0 Å². The van der Waals surface area contributed by atoms with Crippen molar-refractivity contribution in [2.75, 3.05) is 0 Å². The summed E-state index contributed by atoms with van der Waals surface area (Å²) in [5.41, 5.74) is 0.253. The summed E-state index contributed by atoms with van der Waals surface area (Å²) in [6.07, 6.45) is 10.3. The molecule has 2 aliphatic carbocycles. The van der Waals surface area contributed by atoms with Crippen molar-refractivity contribution in [1.82, 2.24) is 0 Å². The van der Waals surface area contributed by atoms with Crippen molar-refractivity contribution in [3.05, 3.63) is 0 Å². The molecule has 0 heterocycles. The molecule has 0 saturated heterocycles. The molecule has 1 heteroatoms. The third kappa shape index (κ3) is 1.20. The molecule has 0 aromatic carbocycles. The van der Waals surface area contributed by atoms with Crippen molar-refractivity contribution >= 4 is 5.78 Å². The number of Topliss-reactive ketones (excluding diaryl/α,β-unsaturated/α-hetero) is 1. The Morgan fingerprint density at radius 2 is 2.38 bits per heavy atom. The van der Waals surface area contributed by atoms with Gasteiger partial charge in [0.15, 0.2) is 0 Å². The molecule has 0 aliphatic heterocycles. The van der Waals surface area contributed by atoms with Gasteiger partial charge >= 0.3 is 0 Å². The molecule has 3 atom stereocenters. The summed E-state index contributed by atoms with van der Waals surface area (Å²) in [7, 11) is 0. The molecule has 0 radical (unpaired) electrons. The van der Waals surface area contributed by atoms with Gasteiger partial charge in [-0.05, 0) is 30.1 Å². The summed E-state index contributed by atoms with van der Waals surface area (Å²) in [4.78, 5) is 11.4. The molecule has 2 saturated carbocycles. The normalized spacial score (nSPS) is 43.2. The van der Waals surface area contributed by atoms with Crippen molar-refractivity contribution in [3.8, 4) is 12.3 Å². The Balaban J connectivity index is 2.19. The van der Waals surface area contributed by atoms with Crippen molar-refractivity contribution < 1.29 is 4.79 Å². The Labute approximate surface area is 79.9 Å². The van der Waals surface area contributed by atoms with E-state index in [0.717, 1.165) is 19.3 Å². The van der Waals surface area contributed by atoms with E-state index in [9.17, 15) is 4.79 Å². The van der Waals surface area contributed by atoms with Gasteiger partial charge in [0.05, 0.1) is 0 Å². The maximum absolute atomic E-state index is 11.4. The molecule has 2 aliphatic rings. The zero-order valence-corrected chi connectivity index (χ0v) is 8.18. The van der Waals surface area contributed by atoms with Gasteiger partial charge in [0, 0.05) is 19.3 Å². The van der Waals surface area contributed by atoms with Crippen LogP contribution < -0.4 is 0 Å². The smallest absolute Gasteiger partial charge is 0.133 e. The van der Waals surface area contributed by atoms with Gasteiger partial charge in [-0.1, -0.05) is 6.92 Å². The lowest BCUT2D eigenvalue weighted by molar-refractivity contribution is -0.118. The number of hydrogen-bond acceptors (Lipinski definition) is 1. The predicted molar refractivity (Wildman–Crippen MR) is 52.0 cm³/mol. The van der Waals surface area contributed by atoms with Crippen LogP contribution in [0.3, 0.4) is 0 Å². The second-order valence-electron chi connectivity index (χ2n) is 4.80. The van der Waals surface area contributed by atoms with Crippen molar-refractivity contribution in [1.29, 1.82) is 0 Å². The Hall–Kier alpha value is -0.770. The number of rotatable bonds is 1. The van der Waals surface area contributed by atoms with Crippen LogP contribution in [0.2, 0.25) is 0 Å². The van der Waals surface area contributed by atoms with E-state index >= 15 is 0 Å². The number of terminal acetylenes is 1. The van der Waals surface area contributed by atoms with Gasteiger partial charge in [-0.3, -0.25) is 4.79 Å². The third-order valence-corrected chi connectivity index (χ3v) is 4.15. The van der Waals surface area contributed by atoms with Gasteiger partial charge < -0.3 is 0 Å². The van der Waals surface area contributed by atoms with E-state index in [1.54, 1.807) is 0 Å². The standard InChI is InChI=1S/C12H16O/c1-3-4-9-5-6-10-7-11(13)8-12(9,10)2/h1,9-10H,4-8H2,2H3. The number of ketones is 1. The molecule has 2 rings (SSSR count). The highest BCUT2D eigenvalue weighted by atomic mass is 16.1. The van der Waals surface area contributed by atoms with E-state index in [2.05, 4.69) is 12.8 Å². The fourth-order valence-electron chi connectivity index (χ4n) is 3.27. The van der Waals surface area contributed by atoms with E-state index in [-0.39, 0.29) is 5.41 Å². The summed E-state index contributed by atoms with van der Waals surface area (Å²) in [6.45, 7) is 2.26. The Morgan fingerprint density at radius 3 is 3.08 bits per heavy atom. The molecule has 0 amide bonds. The van der Waals surface area contributed by atoms with Gasteiger partial charge in [0.25, 0.3) is 0 Å². The van der Waals surface area contributed by atoms with Crippen LogP contribution in [0.25, 0.3) is 0 Å². The fourth-order valence-corrected chi connectivity index (χ4v) is 3.27. The van der Waals surface area contributed by atoms with Crippen LogP contribution >= 0.6 is 0 Å². The van der Waals surface area contributed by atoms with Crippen LogP contribution in [0.5, 0.6) is 0 Å². The average molecular weight is 176 g/mol. The summed E-state index contributed by atoms with van der Waals surface area (Å²) in [6, 6.07) is 0. The summed E-state index contributed by atoms with van der Waals surface area (Å²) >= 11 is 0. The molecule has 3 unspecified atom stereocenters. The lowest BCUT2D eigenvalue weighted by atomic mass is 9.74. The van der Waals surface area contributed by atoms with Crippen molar-refractivity contribution in [2.45, 2.75) is 39.0 Å². The Bertz CT molecular complexity index is 273. The minimum atomic E-state index is 0.253. The first-order chi connectivity index (χ1) is 6.16. The maximum atomic E-state index is 11.4. The summed E-state index contributed by atoms with van der Waals surface area (Å²) in [5, 5.41) is 0. The molecule has 0 aromatic rings. The molecule has 70 valence electrons. The number of fused-ring (bicyclic) bond motifs is 1. The topological polar surface area (TPSA) is 17.1 Å². The quantitative estimate of drug-likeness (QED) is 0.561. The third-order valence-electron chi connectivity index (χ3n) is 4.15. The minimum Gasteiger partial charge on any atom is -0.300 e. The first-order valence-electron chi connectivity index (χ1n) is 5.12. The maximum Gasteiger partial charge on any atom is 0.133 e. The highest BCUT2D eigenvalue weighted by Crippen LogP contribution is 2.56. The second-order valence-corrected chi connectivity index (χ2v) is 4.80. The highest BCUT2D eigenvalue weighted by Gasteiger charge is 2.51. The van der Waals surface area contributed by atoms with Gasteiger partial charge in [-0.25, -0.2) is 0 Å². The van der Waals surface area contributed by atoms with E-state index in [0.29, 0.717) is 17.6 Å². The van der Waals surface area contributed by atoms with Crippen LogP contribution in [0.15, 0.2) is 0 Å². The molecule has 0 bridgehead atoms. The van der Waals surface area contributed by atoms with E-state index in [1.165, 1.54) is 12.8 Å². The molecule has 0 spiro atoms. The SMILES string of the molecule is C#CCC1CCC2CC(=O)CC12C. The predicted octanol–water partition coefficient (Wildman–Crippen LogP) is 2.41. The largest absolute Gasteiger partial charge is 0.300 e. The van der Waals surface area contributed by atoms with Gasteiger partial charge in [-0.2, -0.15) is 0 Å². The number of carbonyl (C=O) groups is 1. The monoisotopic (exact) mass is 176 g/mol. The van der Waals surface area contributed by atoms with E-state index in [4.69, 9.17) is 6.42 Å². The first kappa shape index (κ1) is 8.81. The summed E-state index contributed by atoms with van der Waals surface area (Å²) in [5.74, 6) is 4.45. The minimum absolute atomic E-state index is 0.253. The zero-order chi connectivity index (χ0) is 9.47. The van der Waals surface area contributed by atoms with Gasteiger partial charge in [0.1, 0.15) is 5.78 Å². The second kappa shape index (κ2) is 2.87. The summed E-state index contributed by atoms with van der Waals surface area (Å²) < 4.78 is 0. The molecule has 13 heavy (non-hydrogen) atoms. The lowest BCUT2D eigenvalue weighted by Gasteiger charge is -2.29. The van der Waals surface area contributed by atoms with Crippen LogP contribution in [-0.2, 0) is 4.79 Å². The molecule has 1 nitrogen and oxygen atoms in total. The molecule has 0 N–H and O–H groups in total. The van der Waals surface area contributed by atoms with Gasteiger partial charge in [-0.15, -0.1) is 12.3 Å². The average Bonchev–Trinajstić information content (AvgIpc) is 2.47. The van der Waals surface area contributed by atoms with Crippen LogP contribution in [0.1, 0.15) is 39.0 Å². The molecular formula is C12H16O. The highest BCUT2D eigenvalue weighted by molar-refractivity contribution is 5.82. The number of hydrogen-bond donors (Lipinski definition) is 0. The molecular weight excluding hydrogens is 160 g/mol. The zero-order valence-electron chi connectivity index (χ0n) is 8.18. The first-order valence-corrected chi connectivity index (χ1v) is 5.12. The lowest BCUT2D eigenvalue weighted by Crippen LogP contribution is -2.23.